The largest absolute Gasteiger partial charge is 0.496 e. The fourth-order valence-electron chi connectivity index (χ4n) is 3.22. The summed E-state index contributed by atoms with van der Waals surface area (Å²) in [6, 6.07) is 6.12. The molecule has 168 valence electrons. The zero-order chi connectivity index (χ0) is 22.1. The van der Waals surface area contributed by atoms with Crippen LogP contribution in [0.2, 0.25) is 0 Å². The lowest BCUT2D eigenvalue weighted by Gasteiger charge is -2.35. The summed E-state index contributed by atoms with van der Waals surface area (Å²) in [7, 11) is 1.65. The number of rotatable bonds is 8. The van der Waals surface area contributed by atoms with Crippen molar-refractivity contribution in [3.63, 3.8) is 0 Å². The van der Waals surface area contributed by atoms with E-state index in [2.05, 4.69) is 16.3 Å². The number of piperazine rings is 1. The van der Waals surface area contributed by atoms with E-state index in [-0.39, 0.29) is 18.6 Å². The summed E-state index contributed by atoms with van der Waals surface area (Å²) >= 11 is 0. The predicted molar refractivity (Wildman–Crippen MR) is 114 cm³/mol. The molecule has 0 aliphatic carbocycles. The Kier molecular flexibility index (Phi) is 8.92. The zero-order valence-corrected chi connectivity index (χ0v) is 18.8. The molecule has 0 aromatic heterocycles. The number of hydrogen-bond donors (Lipinski definition) is 1. The van der Waals surface area contributed by atoms with Gasteiger partial charge in [-0.1, -0.05) is 12.1 Å². The average molecular weight is 422 g/mol. The van der Waals surface area contributed by atoms with E-state index in [1.807, 2.05) is 32.9 Å². The molecule has 8 heteroatoms. The maximum absolute atomic E-state index is 12.2. The van der Waals surface area contributed by atoms with Crippen molar-refractivity contribution in [1.82, 2.24) is 15.1 Å². The Bertz CT molecular complexity index is 709. The molecule has 1 amide bonds. The Morgan fingerprint density at radius 2 is 1.83 bits per heavy atom. The van der Waals surface area contributed by atoms with Crippen LogP contribution in [-0.4, -0.2) is 73.9 Å². The SMILES string of the molecule is CCOC(=O)CNCc1ccc(CN2CCN(C(=O)OC(C)(C)C)CC2)cc1OC. The maximum Gasteiger partial charge on any atom is 0.410 e. The second kappa shape index (κ2) is 11.2. The Hall–Kier alpha value is -2.32. The lowest BCUT2D eigenvalue weighted by Crippen LogP contribution is -2.49. The van der Waals surface area contributed by atoms with E-state index in [0.717, 1.165) is 36.5 Å². The van der Waals surface area contributed by atoms with Crippen molar-refractivity contribution >= 4 is 12.1 Å². The van der Waals surface area contributed by atoms with Crippen LogP contribution in [0.1, 0.15) is 38.8 Å². The van der Waals surface area contributed by atoms with Crippen molar-refractivity contribution < 1.29 is 23.8 Å². The standard InChI is InChI=1S/C22H35N3O5/c1-6-29-20(26)15-23-14-18-8-7-17(13-19(18)28-5)16-24-9-11-25(12-10-24)21(27)30-22(2,3)4/h7-8,13,23H,6,9-12,14-16H2,1-5H3. The topological polar surface area (TPSA) is 80.3 Å². The van der Waals surface area contributed by atoms with E-state index < -0.39 is 5.60 Å². The molecule has 1 aromatic carbocycles. The molecule has 1 aromatic rings. The number of carbonyl (C=O) groups is 2. The smallest absolute Gasteiger partial charge is 0.410 e. The normalized spacial score (nSPS) is 15.0. The van der Waals surface area contributed by atoms with Gasteiger partial charge in [-0.25, -0.2) is 4.79 Å². The van der Waals surface area contributed by atoms with Crippen molar-refractivity contribution in [1.29, 1.82) is 0 Å². The summed E-state index contributed by atoms with van der Waals surface area (Å²) in [5.41, 5.74) is 1.66. The Morgan fingerprint density at radius 3 is 2.43 bits per heavy atom. The summed E-state index contributed by atoms with van der Waals surface area (Å²) in [5.74, 6) is 0.523. The van der Waals surface area contributed by atoms with E-state index in [4.69, 9.17) is 14.2 Å². The minimum atomic E-state index is -0.475. The number of amides is 1. The van der Waals surface area contributed by atoms with Gasteiger partial charge in [0.15, 0.2) is 0 Å². The number of hydrogen-bond acceptors (Lipinski definition) is 7. The number of benzene rings is 1. The van der Waals surface area contributed by atoms with Gasteiger partial charge in [-0.2, -0.15) is 0 Å². The van der Waals surface area contributed by atoms with Gasteiger partial charge in [-0.05, 0) is 39.3 Å². The molecular weight excluding hydrogens is 386 g/mol. The minimum Gasteiger partial charge on any atom is -0.496 e. The molecule has 0 saturated carbocycles. The van der Waals surface area contributed by atoms with E-state index in [9.17, 15) is 9.59 Å². The van der Waals surface area contributed by atoms with Gasteiger partial charge in [0.25, 0.3) is 0 Å². The van der Waals surface area contributed by atoms with Gasteiger partial charge in [0.05, 0.1) is 20.3 Å². The van der Waals surface area contributed by atoms with E-state index in [1.54, 1.807) is 18.9 Å². The quantitative estimate of drug-likeness (QED) is 0.646. The number of nitrogens with zero attached hydrogens (tertiary/aromatic N) is 2. The van der Waals surface area contributed by atoms with Crippen molar-refractivity contribution in [2.24, 2.45) is 0 Å². The van der Waals surface area contributed by atoms with Crippen LogP contribution in [0.5, 0.6) is 5.75 Å². The molecule has 1 saturated heterocycles. The molecule has 1 N–H and O–H groups in total. The third-order valence-corrected chi connectivity index (χ3v) is 4.67. The summed E-state index contributed by atoms with van der Waals surface area (Å²) in [6.07, 6.45) is -0.247. The van der Waals surface area contributed by atoms with Crippen molar-refractivity contribution in [2.45, 2.75) is 46.4 Å². The first-order chi connectivity index (χ1) is 14.2. The second-order valence-electron chi connectivity index (χ2n) is 8.30. The van der Waals surface area contributed by atoms with Crippen LogP contribution in [0, 0.1) is 0 Å². The molecule has 1 fully saturated rings. The van der Waals surface area contributed by atoms with Crippen LogP contribution < -0.4 is 10.1 Å². The molecular formula is C22H35N3O5. The lowest BCUT2D eigenvalue weighted by atomic mass is 10.1. The molecule has 1 aliphatic rings. The van der Waals surface area contributed by atoms with Gasteiger partial charge in [0.2, 0.25) is 0 Å². The van der Waals surface area contributed by atoms with Crippen LogP contribution in [0.15, 0.2) is 18.2 Å². The minimum absolute atomic E-state index is 0.167. The number of carbonyl (C=O) groups excluding carboxylic acids is 2. The average Bonchev–Trinajstić information content (AvgIpc) is 2.68. The first kappa shape index (κ1) is 24.0. The van der Waals surface area contributed by atoms with Gasteiger partial charge in [0, 0.05) is 44.8 Å². The molecule has 0 bridgehead atoms. The highest BCUT2D eigenvalue weighted by Crippen LogP contribution is 2.22. The van der Waals surface area contributed by atoms with Gasteiger partial charge in [-0.15, -0.1) is 0 Å². The number of nitrogens with one attached hydrogen (secondary N) is 1. The van der Waals surface area contributed by atoms with Crippen molar-refractivity contribution in [3.8, 4) is 5.75 Å². The molecule has 0 unspecified atom stereocenters. The van der Waals surface area contributed by atoms with Gasteiger partial charge in [-0.3, -0.25) is 9.69 Å². The van der Waals surface area contributed by atoms with Gasteiger partial charge < -0.3 is 24.4 Å². The Labute approximate surface area is 179 Å². The first-order valence-electron chi connectivity index (χ1n) is 10.4. The summed E-state index contributed by atoms with van der Waals surface area (Å²) in [6.45, 7) is 12.2. The third kappa shape index (κ3) is 7.84. The Balaban J connectivity index is 1.84. The lowest BCUT2D eigenvalue weighted by molar-refractivity contribution is -0.142. The van der Waals surface area contributed by atoms with E-state index >= 15 is 0 Å². The number of ether oxygens (including phenoxy) is 3. The molecule has 1 heterocycles. The van der Waals surface area contributed by atoms with E-state index in [0.29, 0.717) is 26.2 Å². The summed E-state index contributed by atoms with van der Waals surface area (Å²) in [4.78, 5) is 27.7. The highest BCUT2D eigenvalue weighted by Gasteiger charge is 2.25. The monoisotopic (exact) mass is 421 g/mol. The summed E-state index contributed by atoms with van der Waals surface area (Å²) < 4.78 is 15.9. The maximum atomic E-state index is 12.2. The van der Waals surface area contributed by atoms with Gasteiger partial charge >= 0.3 is 12.1 Å². The molecule has 2 rings (SSSR count). The van der Waals surface area contributed by atoms with Crippen molar-refractivity contribution in [3.05, 3.63) is 29.3 Å². The molecule has 1 aliphatic heterocycles. The fourth-order valence-corrected chi connectivity index (χ4v) is 3.22. The van der Waals surface area contributed by atoms with Crippen LogP contribution in [0.4, 0.5) is 4.79 Å². The van der Waals surface area contributed by atoms with Crippen LogP contribution in [-0.2, 0) is 27.4 Å². The molecule has 8 nitrogen and oxygen atoms in total. The van der Waals surface area contributed by atoms with Crippen LogP contribution in [0.3, 0.4) is 0 Å². The molecule has 0 spiro atoms. The molecule has 0 atom stereocenters. The Morgan fingerprint density at radius 1 is 1.13 bits per heavy atom. The van der Waals surface area contributed by atoms with Crippen molar-refractivity contribution in [2.75, 3.05) is 46.4 Å². The third-order valence-electron chi connectivity index (χ3n) is 4.67. The van der Waals surface area contributed by atoms with Crippen LogP contribution >= 0.6 is 0 Å². The zero-order valence-electron chi connectivity index (χ0n) is 18.8. The first-order valence-corrected chi connectivity index (χ1v) is 10.4. The molecule has 0 radical (unpaired) electrons. The predicted octanol–water partition coefficient (Wildman–Crippen LogP) is 2.40. The molecule has 30 heavy (non-hydrogen) atoms. The summed E-state index contributed by atoms with van der Waals surface area (Å²) in [5, 5.41) is 3.08. The van der Waals surface area contributed by atoms with E-state index in [1.165, 1.54) is 0 Å². The second-order valence-corrected chi connectivity index (χ2v) is 8.30. The van der Waals surface area contributed by atoms with Crippen LogP contribution in [0.25, 0.3) is 0 Å². The number of methoxy groups -OCH3 is 1. The fraction of sp³-hybridized carbons (Fsp3) is 0.636. The highest BCUT2D eigenvalue weighted by molar-refractivity contribution is 5.71. The number of esters is 1. The highest BCUT2D eigenvalue weighted by atomic mass is 16.6. The van der Waals surface area contributed by atoms with Gasteiger partial charge in [0.1, 0.15) is 11.4 Å².